The number of rotatable bonds is 6. The molecule has 0 saturated heterocycles. The van der Waals surface area contributed by atoms with Crippen LogP contribution >= 0.6 is 0 Å². The average Bonchev–Trinajstić information content (AvgIpc) is 2.37. The lowest BCUT2D eigenvalue weighted by atomic mass is 10.1. The summed E-state index contributed by atoms with van der Waals surface area (Å²) in [6, 6.07) is 8.15. The summed E-state index contributed by atoms with van der Waals surface area (Å²) in [6.45, 7) is 7.84. The molecule has 2 heteroatoms. The molecule has 0 spiro atoms. The van der Waals surface area contributed by atoms with E-state index in [1.54, 1.807) is 6.08 Å². The predicted molar refractivity (Wildman–Crippen MR) is 77.4 cm³/mol. The summed E-state index contributed by atoms with van der Waals surface area (Å²) in [5.41, 5.74) is 2.29. The number of unbranched alkanes of at least 4 members (excludes halogenated alkanes) is 1. The van der Waals surface area contributed by atoms with Crippen LogP contribution in [-0.4, -0.2) is 23.9 Å². The molecule has 0 heterocycles. The molecule has 1 aromatic rings. The summed E-state index contributed by atoms with van der Waals surface area (Å²) in [7, 11) is 0. The first kappa shape index (κ1) is 14.5. The van der Waals surface area contributed by atoms with Gasteiger partial charge in [0, 0.05) is 19.2 Å². The largest absolute Gasteiger partial charge is 0.339 e. The number of benzene rings is 1. The molecule has 0 radical (unpaired) electrons. The van der Waals surface area contributed by atoms with Crippen LogP contribution in [-0.2, 0) is 4.79 Å². The lowest BCUT2D eigenvalue weighted by Gasteiger charge is -2.18. The van der Waals surface area contributed by atoms with Crippen molar-refractivity contribution >= 4 is 12.0 Å². The maximum Gasteiger partial charge on any atom is 0.246 e. The third kappa shape index (κ3) is 4.74. The van der Waals surface area contributed by atoms with Crippen molar-refractivity contribution in [3.05, 3.63) is 41.5 Å². The van der Waals surface area contributed by atoms with E-state index in [4.69, 9.17) is 0 Å². The van der Waals surface area contributed by atoms with Gasteiger partial charge in [-0.25, -0.2) is 0 Å². The second kappa shape index (κ2) is 7.70. The van der Waals surface area contributed by atoms with Crippen molar-refractivity contribution < 1.29 is 4.79 Å². The first-order valence-corrected chi connectivity index (χ1v) is 6.71. The minimum atomic E-state index is 0.104. The molecule has 1 rings (SSSR count). The molecular formula is C16H23NO. The van der Waals surface area contributed by atoms with Crippen LogP contribution in [0.25, 0.3) is 6.08 Å². The van der Waals surface area contributed by atoms with Crippen LogP contribution in [0, 0.1) is 6.92 Å². The summed E-state index contributed by atoms with van der Waals surface area (Å²) in [4.78, 5) is 13.9. The van der Waals surface area contributed by atoms with Crippen LogP contribution < -0.4 is 0 Å². The van der Waals surface area contributed by atoms with Gasteiger partial charge < -0.3 is 4.90 Å². The second-order valence-electron chi connectivity index (χ2n) is 4.52. The van der Waals surface area contributed by atoms with Crippen molar-refractivity contribution in [2.75, 3.05) is 13.1 Å². The lowest BCUT2D eigenvalue weighted by molar-refractivity contribution is -0.125. The maximum atomic E-state index is 12.0. The van der Waals surface area contributed by atoms with Crippen LogP contribution in [0.4, 0.5) is 0 Å². The Labute approximate surface area is 110 Å². The highest BCUT2D eigenvalue weighted by Crippen LogP contribution is 2.06. The van der Waals surface area contributed by atoms with Crippen LogP contribution in [0.1, 0.15) is 37.8 Å². The Morgan fingerprint density at radius 1 is 1.33 bits per heavy atom. The molecule has 98 valence electrons. The van der Waals surface area contributed by atoms with Gasteiger partial charge in [-0.15, -0.1) is 0 Å². The molecule has 0 atom stereocenters. The highest BCUT2D eigenvalue weighted by Gasteiger charge is 2.06. The molecule has 0 aromatic heterocycles. The first-order valence-electron chi connectivity index (χ1n) is 6.71. The molecule has 0 fully saturated rings. The van der Waals surface area contributed by atoms with E-state index < -0.39 is 0 Å². The number of hydrogen-bond acceptors (Lipinski definition) is 1. The SMILES string of the molecule is CCCCN(CC)C(=O)/C=C/c1cccc(C)c1. The van der Waals surface area contributed by atoms with Gasteiger partial charge >= 0.3 is 0 Å². The van der Waals surface area contributed by atoms with Crippen molar-refractivity contribution in [2.45, 2.75) is 33.6 Å². The molecule has 0 N–H and O–H groups in total. The second-order valence-corrected chi connectivity index (χ2v) is 4.52. The Kier molecular flexibility index (Phi) is 6.20. The predicted octanol–water partition coefficient (Wildman–Crippen LogP) is 3.66. The number of aryl methyl sites for hydroxylation is 1. The summed E-state index contributed by atoms with van der Waals surface area (Å²) >= 11 is 0. The summed E-state index contributed by atoms with van der Waals surface area (Å²) in [6.07, 6.45) is 5.75. The normalized spacial score (nSPS) is 10.8. The summed E-state index contributed by atoms with van der Waals surface area (Å²) in [5.74, 6) is 0.104. The molecule has 2 nitrogen and oxygen atoms in total. The van der Waals surface area contributed by atoms with Crippen molar-refractivity contribution in [3.63, 3.8) is 0 Å². The number of amides is 1. The third-order valence-electron chi connectivity index (χ3n) is 2.94. The smallest absolute Gasteiger partial charge is 0.246 e. The molecule has 0 aliphatic carbocycles. The van der Waals surface area contributed by atoms with Crippen LogP contribution in [0.2, 0.25) is 0 Å². The number of carbonyl (C=O) groups is 1. The Balaban J connectivity index is 2.62. The number of hydrogen-bond donors (Lipinski definition) is 0. The van der Waals surface area contributed by atoms with Gasteiger partial charge in [0.15, 0.2) is 0 Å². The molecular weight excluding hydrogens is 222 g/mol. The maximum absolute atomic E-state index is 12.0. The third-order valence-corrected chi connectivity index (χ3v) is 2.94. The van der Waals surface area contributed by atoms with E-state index in [1.807, 2.05) is 30.0 Å². The summed E-state index contributed by atoms with van der Waals surface area (Å²) < 4.78 is 0. The first-order chi connectivity index (χ1) is 8.67. The zero-order chi connectivity index (χ0) is 13.4. The molecule has 1 aromatic carbocycles. The standard InChI is InChI=1S/C16H23NO/c1-4-6-12-17(5-2)16(18)11-10-15-9-7-8-14(3)13-15/h7-11,13H,4-6,12H2,1-3H3/b11-10+. The topological polar surface area (TPSA) is 20.3 Å². The molecule has 0 saturated carbocycles. The number of carbonyl (C=O) groups excluding carboxylic acids is 1. The molecule has 0 aliphatic heterocycles. The molecule has 0 aliphatic rings. The van der Waals surface area contributed by atoms with Gasteiger partial charge in [0.2, 0.25) is 5.91 Å². The van der Waals surface area contributed by atoms with Gasteiger partial charge in [-0.3, -0.25) is 4.79 Å². The van der Waals surface area contributed by atoms with Crippen LogP contribution in [0.3, 0.4) is 0 Å². The van der Waals surface area contributed by atoms with Crippen LogP contribution in [0.15, 0.2) is 30.3 Å². The van der Waals surface area contributed by atoms with Gasteiger partial charge in [0.05, 0.1) is 0 Å². The lowest BCUT2D eigenvalue weighted by Crippen LogP contribution is -2.30. The van der Waals surface area contributed by atoms with Crippen molar-refractivity contribution in [1.82, 2.24) is 4.90 Å². The minimum absolute atomic E-state index is 0.104. The number of nitrogens with zero attached hydrogens (tertiary/aromatic N) is 1. The van der Waals surface area contributed by atoms with Gasteiger partial charge in [-0.2, -0.15) is 0 Å². The van der Waals surface area contributed by atoms with Gasteiger partial charge in [0.1, 0.15) is 0 Å². The molecule has 18 heavy (non-hydrogen) atoms. The molecule has 1 amide bonds. The van der Waals surface area contributed by atoms with E-state index in [0.717, 1.165) is 31.5 Å². The fourth-order valence-corrected chi connectivity index (χ4v) is 1.82. The van der Waals surface area contributed by atoms with E-state index >= 15 is 0 Å². The Morgan fingerprint density at radius 2 is 2.11 bits per heavy atom. The van der Waals surface area contributed by atoms with Crippen molar-refractivity contribution in [3.8, 4) is 0 Å². The highest BCUT2D eigenvalue weighted by molar-refractivity contribution is 5.91. The van der Waals surface area contributed by atoms with Gasteiger partial charge in [-0.05, 0) is 31.9 Å². The Hall–Kier alpha value is -1.57. The zero-order valence-electron chi connectivity index (χ0n) is 11.6. The average molecular weight is 245 g/mol. The Morgan fingerprint density at radius 3 is 2.72 bits per heavy atom. The van der Waals surface area contributed by atoms with Gasteiger partial charge in [0.25, 0.3) is 0 Å². The summed E-state index contributed by atoms with van der Waals surface area (Å²) in [5, 5.41) is 0. The van der Waals surface area contributed by atoms with E-state index in [1.165, 1.54) is 5.56 Å². The minimum Gasteiger partial charge on any atom is -0.339 e. The monoisotopic (exact) mass is 245 g/mol. The number of likely N-dealkylation sites (N-methyl/N-ethyl adjacent to an activating group) is 1. The fraction of sp³-hybridized carbons (Fsp3) is 0.438. The fourth-order valence-electron chi connectivity index (χ4n) is 1.82. The molecule has 0 bridgehead atoms. The van der Waals surface area contributed by atoms with Crippen molar-refractivity contribution in [1.29, 1.82) is 0 Å². The van der Waals surface area contributed by atoms with E-state index in [-0.39, 0.29) is 5.91 Å². The van der Waals surface area contributed by atoms with Crippen molar-refractivity contribution in [2.24, 2.45) is 0 Å². The van der Waals surface area contributed by atoms with Gasteiger partial charge in [-0.1, -0.05) is 43.2 Å². The zero-order valence-corrected chi connectivity index (χ0v) is 11.6. The molecule has 0 unspecified atom stereocenters. The van der Waals surface area contributed by atoms with E-state index in [2.05, 4.69) is 26.0 Å². The van der Waals surface area contributed by atoms with E-state index in [0.29, 0.717) is 0 Å². The highest BCUT2D eigenvalue weighted by atomic mass is 16.2. The van der Waals surface area contributed by atoms with Crippen LogP contribution in [0.5, 0.6) is 0 Å². The van der Waals surface area contributed by atoms with E-state index in [9.17, 15) is 4.79 Å². The quantitative estimate of drug-likeness (QED) is 0.700. The Bertz CT molecular complexity index is 409.